The van der Waals surface area contributed by atoms with Crippen LogP contribution < -0.4 is 5.32 Å². The molecule has 108 valence electrons. The average Bonchev–Trinajstić information content (AvgIpc) is 2.85. The zero-order valence-corrected chi connectivity index (χ0v) is 11.2. The Labute approximate surface area is 114 Å². The number of halogens is 3. The highest BCUT2D eigenvalue weighted by Crippen LogP contribution is 2.29. The van der Waals surface area contributed by atoms with E-state index in [2.05, 4.69) is 15.4 Å². The van der Waals surface area contributed by atoms with E-state index >= 15 is 0 Å². The Kier molecular flexibility index (Phi) is 4.08. The van der Waals surface area contributed by atoms with Crippen molar-refractivity contribution in [3.8, 4) is 5.82 Å². The van der Waals surface area contributed by atoms with Crippen LogP contribution >= 0.6 is 0 Å². The number of nitrogens with zero attached hydrogens (tertiary/aromatic N) is 3. The minimum Gasteiger partial charge on any atom is -0.313 e. The van der Waals surface area contributed by atoms with E-state index in [1.165, 1.54) is 0 Å². The van der Waals surface area contributed by atoms with E-state index in [-0.39, 0.29) is 0 Å². The molecule has 4 nitrogen and oxygen atoms in total. The van der Waals surface area contributed by atoms with Crippen molar-refractivity contribution in [2.45, 2.75) is 26.6 Å². The molecule has 0 radical (unpaired) electrons. The SMILES string of the molecule is CCNCc1cc(C)nc(-n2cc(C(F)(F)F)cn2)c1. The molecule has 1 N–H and O–H groups in total. The Morgan fingerprint density at radius 1 is 1.30 bits per heavy atom. The summed E-state index contributed by atoms with van der Waals surface area (Å²) in [4.78, 5) is 4.21. The summed E-state index contributed by atoms with van der Waals surface area (Å²) in [5.74, 6) is 0.383. The summed E-state index contributed by atoms with van der Waals surface area (Å²) in [6.45, 7) is 5.24. The summed E-state index contributed by atoms with van der Waals surface area (Å²) >= 11 is 0. The van der Waals surface area contributed by atoms with Gasteiger partial charge in [0.2, 0.25) is 0 Å². The Morgan fingerprint density at radius 3 is 2.65 bits per heavy atom. The zero-order valence-electron chi connectivity index (χ0n) is 11.2. The molecule has 20 heavy (non-hydrogen) atoms. The lowest BCUT2D eigenvalue weighted by atomic mass is 10.2. The molecule has 0 saturated carbocycles. The van der Waals surface area contributed by atoms with Gasteiger partial charge in [0, 0.05) is 18.4 Å². The van der Waals surface area contributed by atoms with Crippen LogP contribution in [-0.4, -0.2) is 21.3 Å². The molecule has 0 atom stereocenters. The highest BCUT2D eigenvalue weighted by atomic mass is 19.4. The first-order chi connectivity index (χ1) is 9.40. The number of pyridine rings is 1. The van der Waals surface area contributed by atoms with Gasteiger partial charge in [0.05, 0.1) is 11.8 Å². The minimum absolute atomic E-state index is 0.383. The molecule has 2 aromatic rings. The van der Waals surface area contributed by atoms with Crippen LogP contribution in [0.4, 0.5) is 13.2 Å². The molecule has 0 fully saturated rings. The number of alkyl halides is 3. The molecule has 7 heteroatoms. The third-order valence-electron chi connectivity index (χ3n) is 2.72. The highest BCUT2D eigenvalue weighted by Gasteiger charge is 2.32. The van der Waals surface area contributed by atoms with Crippen LogP contribution in [0.1, 0.15) is 23.7 Å². The first kappa shape index (κ1) is 14.5. The molecule has 2 aromatic heterocycles. The molecule has 0 bridgehead atoms. The van der Waals surface area contributed by atoms with Crippen molar-refractivity contribution in [3.63, 3.8) is 0 Å². The molecule has 0 saturated heterocycles. The second kappa shape index (κ2) is 5.62. The first-order valence-corrected chi connectivity index (χ1v) is 6.20. The number of nitrogens with one attached hydrogen (secondary N) is 1. The normalized spacial score (nSPS) is 11.8. The lowest BCUT2D eigenvalue weighted by molar-refractivity contribution is -0.137. The van der Waals surface area contributed by atoms with E-state index in [9.17, 15) is 13.2 Å². The molecule has 0 aromatic carbocycles. The third-order valence-corrected chi connectivity index (χ3v) is 2.72. The van der Waals surface area contributed by atoms with Gasteiger partial charge in [-0.25, -0.2) is 9.67 Å². The van der Waals surface area contributed by atoms with Crippen LogP contribution in [0.2, 0.25) is 0 Å². The summed E-state index contributed by atoms with van der Waals surface area (Å²) < 4.78 is 38.8. The summed E-state index contributed by atoms with van der Waals surface area (Å²) in [7, 11) is 0. The highest BCUT2D eigenvalue weighted by molar-refractivity contribution is 5.31. The Bertz CT molecular complexity index is 590. The van der Waals surface area contributed by atoms with Gasteiger partial charge in [0.25, 0.3) is 0 Å². The smallest absolute Gasteiger partial charge is 0.313 e. The van der Waals surface area contributed by atoms with E-state index in [4.69, 9.17) is 0 Å². The zero-order chi connectivity index (χ0) is 14.8. The van der Waals surface area contributed by atoms with Gasteiger partial charge in [-0.3, -0.25) is 0 Å². The van der Waals surface area contributed by atoms with Gasteiger partial charge in [0.15, 0.2) is 5.82 Å². The Morgan fingerprint density at radius 2 is 2.05 bits per heavy atom. The summed E-state index contributed by atoms with van der Waals surface area (Å²) in [5, 5.41) is 6.89. The van der Waals surface area contributed by atoms with Crippen molar-refractivity contribution in [2.75, 3.05) is 6.54 Å². The van der Waals surface area contributed by atoms with Crippen LogP contribution in [0.5, 0.6) is 0 Å². The molecule has 0 spiro atoms. The number of aryl methyl sites for hydroxylation is 1. The summed E-state index contributed by atoms with van der Waals surface area (Å²) in [6, 6.07) is 3.61. The number of hydrogen-bond donors (Lipinski definition) is 1. The molecule has 0 unspecified atom stereocenters. The fourth-order valence-corrected chi connectivity index (χ4v) is 1.80. The van der Waals surface area contributed by atoms with E-state index < -0.39 is 11.7 Å². The standard InChI is InChI=1S/C13H15F3N4/c1-3-17-6-10-4-9(2)19-12(5-10)20-8-11(7-18-20)13(14,15)16/h4-5,7-8,17H,3,6H2,1-2H3. The van der Waals surface area contributed by atoms with Gasteiger partial charge < -0.3 is 5.32 Å². The van der Waals surface area contributed by atoms with Crippen LogP contribution in [-0.2, 0) is 12.7 Å². The van der Waals surface area contributed by atoms with E-state index in [0.717, 1.165) is 34.9 Å². The molecule has 2 rings (SSSR count). The number of hydrogen-bond acceptors (Lipinski definition) is 3. The van der Waals surface area contributed by atoms with Crippen molar-refractivity contribution in [1.82, 2.24) is 20.1 Å². The topological polar surface area (TPSA) is 42.7 Å². The molecular weight excluding hydrogens is 269 g/mol. The number of rotatable bonds is 4. The van der Waals surface area contributed by atoms with Crippen LogP contribution in [0, 0.1) is 6.92 Å². The van der Waals surface area contributed by atoms with Crippen molar-refractivity contribution in [2.24, 2.45) is 0 Å². The summed E-state index contributed by atoms with van der Waals surface area (Å²) in [6.07, 6.45) is -2.65. The lowest BCUT2D eigenvalue weighted by Crippen LogP contribution is -2.13. The van der Waals surface area contributed by atoms with Gasteiger partial charge in [-0.2, -0.15) is 18.3 Å². The van der Waals surface area contributed by atoms with Crippen molar-refractivity contribution < 1.29 is 13.2 Å². The van der Waals surface area contributed by atoms with Gasteiger partial charge in [-0.05, 0) is 31.2 Å². The molecule has 2 heterocycles. The second-order valence-electron chi connectivity index (χ2n) is 4.43. The predicted octanol–water partition coefficient (Wildman–Crippen LogP) is 2.70. The Balaban J connectivity index is 2.32. The molecule has 0 aliphatic carbocycles. The maximum absolute atomic E-state index is 12.6. The predicted molar refractivity (Wildman–Crippen MR) is 68.5 cm³/mol. The van der Waals surface area contributed by atoms with Gasteiger partial charge in [0.1, 0.15) is 0 Å². The third kappa shape index (κ3) is 3.36. The summed E-state index contributed by atoms with van der Waals surface area (Å²) in [5.41, 5.74) is 0.909. The maximum atomic E-state index is 12.6. The Hall–Kier alpha value is -1.89. The van der Waals surface area contributed by atoms with Crippen LogP contribution in [0.25, 0.3) is 5.82 Å². The van der Waals surface area contributed by atoms with Crippen molar-refractivity contribution >= 4 is 0 Å². The number of aromatic nitrogens is 3. The van der Waals surface area contributed by atoms with Crippen molar-refractivity contribution in [3.05, 3.63) is 41.3 Å². The average molecular weight is 284 g/mol. The van der Waals surface area contributed by atoms with E-state index in [1.807, 2.05) is 13.0 Å². The van der Waals surface area contributed by atoms with Gasteiger partial charge in [-0.1, -0.05) is 6.92 Å². The maximum Gasteiger partial charge on any atom is 0.419 e. The lowest BCUT2D eigenvalue weighted by Gasteiger charge is -2.07. The fourth-order valence-electron chi connectivity index (χ4n) is 1.80. The van der Waals surface area contributed by atoms with Crippen LogP contribution in [0.15, 0.2) is 24.5 Å². The van der Waals surface area contributed by atoms with Gasteiger partial charge in [-0.15, -0.1) is 0 Å². The van der Waals surface area contributed by atoms with Crippen molar-refractivity contribution in [1.29, 1.82) is 0 Å². The second-order valence-corrected chi connectivity index (χ2v) is 4.43. The first-order valence-electron chi connectivity index (χ1n) is 6.20. The molecule has 0 aliphatic rings. The molecular formula is C13H15F3N4. The monoisotopic (exact) mass is 284 g/mol. The largest absolute Gasteiger partial charge is 0.419 e. The van der Waals surface area contributed by atoms with Crippen LogP contribution in [0.3, 0.4) is 0 Å². The minimum atomic E-state index is -4.39. The molecule has 0 aliphatic heterocycles. The van der Waals surface area contributed by atoms with Gasteiger partial charge >= 0.3 is 6.18 Å². The van der Waals surface area contributed by atoms with E-state index in [1.54, 1.807) is 13.0 Å². The molecule has 0 amide bonds. The van der Waals surface area contributed by atoms with E-state index in [0.29, 0.717) is 12.4 Å². The fraction of sp³-hybridized carbons (Fsp3) is 0.385. The quantitative estimate of drug-likeness (QED) is 0.938.